The van der Waals surface area contributed by atoms with Gasteiger partial charge in [-0.1, -0.05) is 25.1 Å². The van der Waals surface area contributed by atoms with Crippen molar-refractivity contribution in [2.24, 2.45) is 0 Å². The highest BCUT2D eigenvalue weighted by atomic mass is 16.6. The van der Waals surface area contributed by atoms with Crippen molar-refractivity contribution < 1.29 is 14.8 Å². The Morgan fingerprint density at radius 3 is 2.59 bits per heavy atom. The van der Waals surface area contributed by atoms with Crippen LogP contribution in [0.5, 0.6) is 0 Å². The number of nitro benzene ring substituents is 1. The first-order chi connectivity index (χ1) is 14.0. The van der Waals surface area contributed by atoms with Crippen molar-refractivity contribution in [2.75, 3.05) is 13.1 Å². The molecule has 146 valence electrons. The van der Waals surface area contributed by atoms with Crippen LogP contribution >= 0.6 is 0 Å². The highest BCUT2D eigenvalue weighted by Crippen LogP contribution is 2.34. The van der Waals surface area contributed by atoms with E-state index >= 15 is 0 Å². The normalized spacial score (nSPS) is 15.4. The number of likely N-dealkylation sites (N-methyl/N-ethyl adjacent to an activating group) is 1. The van der Waals surface area contributed by atoms with Crippen molar-refractivity contribution >= 4 is 34.2 Å². The van der Waals surface area contributed by atoms with Gasteiger partial charge in [-0.15, -0.1) is 0 Å². The molecule has 7 nitrogen and oxygen atoms in total. The van der Waals surface area contributed by atoms with Crippen molar-refractivity contribution in [2.45, 2.75) is 13.5 Å². The molecule has 0 aliphatic carbocycles. The number of hydrogen-bond donors (Lipinski definition) is 1. The van der Waals surface area contributed by atoms with Gasteiger partial charge in [0.1, 0.15) is 0 Å². The Bertz CT molecular complexity index is 1150. The van der Waals surface area contributed by atoms with Gasteiger partial charge in [-0.2, -0.15) is 0 Å². The molecule has 0 spiro atoms. The van der Waals surface area contributed by atoms with Crippen LogP contribution in [0.15, 0.2) is 48.5 Å². The lowest BCUT2D eigenvalue weighted by Gasteiger charge is -2.30. The quantitative estimate of drug-likeness (QED) is 0.530. The molecular weight excluding hydrogens is 370 g/mol. The minimum Gasteiger partial charge on any atom is -0.478 e. The van der Waals surface area contributed by atoms with E-state index in [9.17, 15) is 20.0 Å². The first-order valence-corrected chi connectivity index (χ1v) is 9.30. The summed E-state index contributed by atoms with van der Waals surface area (Å²) in [5.74, 6) is -0.965. The van der Waals surface area contributed by atoms with E-state index in [2.05, 4.69) is 4.90 Å². The van der Waals surface area contributed by atoms with E-state index in [1.807, 2.05) is 31.2 Å². The Morgan fingerprint density at radius 1 is 1.21 bits per heavy atom. The fourth-order valence-corrected chi connectivity index (χ4v) is 3.74. The van der Waals surface area contributed by atoms with Crippen molar-refractivity contribution in [3.63, 3.8) is 0 Å². The first-order valence-electron chi connectivity index (χ1n) is 9.30. The number of fused-ring (bicyclic) bond motifs is 2. The fourth-order valence-electron chi connectivity index (χ4n) is 3.74. The maximum atomic E-state index is 12.1. The van der Waals surface area contributed by atoms with E-state index in [0.29, 0.717) is 40.8 Å². The van der Waals surface area contributed by atoms with Crippen molar-refractivity contribution in [3.8, 4) is 0 Å². The average Bonchev–Trinajstić information content (AvgIpc) is 2.72. The van der Waals surface area contributed by atoms with Gasteiger partial charge in [0.05, 0.1) is 21.7 Å². The molecule has 1 aliphatic heterocycles. The van der Waals surface area contributed by atoms with Crippen molar-refractivity contribution in [1.82, 2.24) is 9.88 Å². The number of pyridine rings is 1. The van der Waals surface area contributed by atoms with Crippen LogP contribution < -0.4 is 0 Å². The van der Waals surface area contributed by atoms with Crippen LogP contribution in [0, 0.1) is 10.1 Å². The zero-order chi connectivity index (χ0) is 20.5. The maximum Gasteiger partial charge on any atom is 0.336 e. The van der Waals surface area contributed by atoms with Crippen LogP contribution in [-0.2, 0) is 6.54 Å². The SMILES string of the molecule is CCN1C/C(=C/c2ccc([N+](=O)[O-])cc2)c2nc3ccccc3c(C(=O)O)c2C1. The molecule has 0 bridgehead atoms. The van der Waals surface area contributed by atoms with Crippen molar-refractivity contribution in [3.05, 3.63) is 81.0 Å². The summed E-state index contributed by atoms with van der Waals surface area (Å²) in [4.78, 5) is 29.5. The van der Waals surface area contributed by atoms with E-state index in [0.717, 1.165) is 17.7 Å². The molecular formula is C22H19N3O4. The summed E-state index contributed by atoms with van der Waals surface area (Å²) in [5.41, 5.74) is 4.06. The Morgan fingerprint density at radius 2 is 1.93 bits per heavy atom. The summed E-state index contributed by atoms with van der Waals surface area (Å²) in [6.07, 6.45) is 1.93. The minimum absolute atomic E-state index is 0.0312. The Hall–Kier alpha value is -3.58. The molecule has 0 saturated carbocycles. The van der Waals surface area contributed by atoms with Gasteiger partial charge in [0.15, 0.2) is 0 Å². The number of benzene rings is 2. The molecule has 1 aromatic heterocycles. The van der Waals surface area contributed by atoms with E-state index in [1.165, 1.54) is 12.1 Å². The molecule has 0 atom stereocenters. The van der Waals surface area contributed by atoms with Gasteiger partial charge >= 0.3 is 5.97 Å². The molecule has 29 heavy (non-hydrogen) atoms. The summed E-state index contributed by atoms with van der Waals surface area (Å²) in [6.45, 7) is 3.94. The molecule has 0 amide bonds. The van der Waals surface area contributed by atoms with Crippen LogP contribution in [0.2, 0.25) is 0 Å². The lowest BCUT2D eigenvalue weighted by Crippen LogP contribution is -2.31. The van der Waals surface area contributed by atoms with Crippen LogP contribution in [0.1, 0.15) is 34.1 Å². The van der Waals surface area contributed by atoms with Crippen LogP contribution in [0.4, 0.5) is 5.69 Å². The number of non-ortho nitro benzene ring substituents is 1. The molecule has 3 aromatic rings. The summed E-state index contributed by atoms with van der Waals surface area (Å²) >= 11 is 0. The van der Waals surface area contributed by atoms with Gasteiger partial charge in [0, 0.05) is 36.2 Å². The number of hydrogen-bond acceptors (Lipinski definition) is 5. The monoisotopic (exact) mass is 389 g/mol. The number of para-hydroxylation sites is 1. The number of aromatic carboxylic acids is 1. The summed E-state index contributed by atoms with van der Waals surface area (Å²) in [5, 5.41) is 21.4. The highest BCUT2D eigenvalue weighted by molar-refractivity contribution is 6.06. The highest BCUT2D eigenvalue weighted by Gasteiger charge is 2.27. The predicted octanol–water partition coefficient (Wildman–Crippen LogP) is 4.22. The topological polar surface area (TPSA) is 96.6 Å². The van der Waals surface area contributed by atoms with E-state index in [-0.39, 0.29) is 5.69 Å². The number of carboxylic acid groups (broad SMARTS) is 1. The van der Waals surface area contributed by atoms with Gasteiger partial charge in [-0.25, -0.2) is 9.78 Å². The standard InChI is InChI=1S/C22H19N3O4/c1-2-24-12-15(11-14-7-9-16(10-8-14)25(28)29)21-18(13-24)20(22(26)27)17-5-3-4-6-19(17)23-21/h3-11H,2,12-13H2,1H3,(H,26,27)/b15-11-. The molecule has 0 fully saturated rings. The lowest BCUT2D eigenvalue weighted by atomic mass is 9.92. The van der Waals surface area contributed by atoms with Crippen LogP contribution in [0.3, 0.4) is 0 Å². The molecule has 2 heterocycles. The lowest BCUT2D eigenvalue weighted by molar-refractivity contribution is -0.384. The molecule has 4 rings (SSSR count). The smallest absolute Gasteiger partial charge is 0.336 e. The Balaban J connectivity index is 1.91. The van der Waals surface area contributed by atoms with Crippen LogP contribution in [0.25, 0.3) is 22.6 Å². The number of carboxylic acids is 1. The largest absolute Gasteiger partial charge is 0.478 e. The van der Waals surface area contributed by atoms with Gasteiger partial charge in [-0.3, -0.25) is 15.0 Å². The second-order valence-electron chi connectivity index (χ2n) is 6.96. The Kier molecular flexibility index (Phi) is 4.82. The van der Waals surface area contributed by atoms with Gasteiger partial charge in [-0.05, 0) is 42.0 Å². The van der Waals surface area contributed by atoms with Crippen molar-refractivity contribution in [1.29, 1.82) is 0 Å². The zero-order valence-electron chi connectivity index (χ0n) is 15.8. The molecule has 2 aromatic carbocycles. The third-order valence-electron chi connectivity index (χ3n) is 5.18. The summed E-state index contributed by atoms with van der Waals surface area (Å²) in [7, 11) is 0. The molecule has 1 N–H and O–H groups in total. The van der Waals surface area contributed by atoms with E-state index in [4.69, 9.17) is 4.98 Å². The third-order valence-corrected chi connectivity index (χ3v) is 5.18. The number of rotatable bonds is 4. The van der Waals surface area contributed by atoms with Crippen LogP contribution in [-0.4, -0.2) is 39.0 Å². The molecule has 0 unspecified atom stereocenters. The van der Waals surface area contributed by atoms with Gasteiger partial charge in [0.2, 0.25) is 0 Å². The molecule has 0 radical (unpaired) electrons. The molecule has 0 saturated heterocycles. The van der Waals surface area contributed by atoms with Gasteiger partial charge < -0.3 is 5.11 Å². The minimum atomic E-state index is -0.965. The predicted molar refractivity (Wildman–Crippen MR) is 111 cm³/mol. The first kappa shape index (κ1) is 18.8. The Labute approximate surface area is 167 Å². The third kappa shape index (κ3) is 3.48. The molecule has 7 heteroatoms. The molecule has 1 aliphatic rings. The number of aromatic nitrogens is 1. The van der Waals surface area contributed by atoms with E-state index < -0.39 is 10.9 Å². The number of nitrogens with zero attached hydrogens (tertiary/aromatic N) is 3. The maximum absolute atomic E-state index is 12.1. The van der Waals surface area contributed by atoms with Gasteiger partial charge in [0.25, 0.3) is 5.69 Å². The second-order valence-corrected chi connectivity index (χ2v) is 6.96. The summed E-state index contributed by atoms with van der Waals surface area (Å²) in [6, 6.07) is 13.6. The second kappa shape index (κ2) is 7.44. The number of carbonyl (C=O) groups is 1. The number of nitro groups is 1. The summed E-state index contributed by atoms with van der Waals surface area (Å²) < 4.78 is 0. The zero-order valence-corrected chi connectivity index (χ0v) is 15.8. The van der Waals surface area contributed by atoms with E-state index in [1.54, 1.807) is 18.2 Å². The fraction of sp³-hybridized carbons (Fsp3) is 0.182. The average molecular weight is 389 g/mol.